The van der Waals surface area contributed by atoms with Gasteiger partial charge >= 0.3 is 6.01 Å². The first-order valence-electron chi connectivity index (χ1n) is 12.5. The van der Waals surface area contributed by atoms with Crippen molar-refractivity contribution in [2.75, 3.05) is 57.1 Å². The molecule has 0 saturated carbocycles. The maximum Gasteiger partial charge on any atom is 0.319 e. The summed E-state index contributed by atoms with van der Waals surface area (Å²) in [4.78, 5) is 18.1. The fourth-order valence-electron chi connectivity index (χ4n) is 5.20. The van der Waals surface area contributed by atoms with Crippen LogP contribution in [0.2, 0.25) is 5.02 Å². The molecule has 194 valence electrons. The molecule has 2 saturated heterocycles. The number of rotatable bonds is 5. The molecule has 4 aromatic rings. The number of fused-ring (bicyclic) bond motifs is 2. The first-order chi connectivity index (χ1) is 18.0. The molecule has 2 aliphatic rings. The van der Waals surface area contributed by atoms with Crippen LogP contribution in [0, 0.1) is 5.82 Å². The van der Waals surface area contributed by atoms with E-state index >= 15 is 4.39 Å². The predicted octanol–water partition coefficient (Wildman–Crippen LogP) is 4.98. The number of likely N-dealkylation sites (N-methyl/N-ethyl adjacent to an activating group) is 1. The van der Waals surface area contributed by atoms with Crippen LogP contribution in [0.1, 0.15) is 19.3 Å². The Morgan fingerprint density at radius 1 is 1.16 bits per heavy atom. The fraction of sp³-hybridized carbons (Fsp3) is 0.423. The number of aromatic nitrogens is 3. The van der Waals surface area contributed by atoms with Gasteiger partial charge < -0.3 is 25.0 Å². The topological polar surface area (TPSA) is 89.6 Å². The maximum atomic E-state index is 16.4. The molecule has 11 heteroatoms. The summed E-state index contributed by atoms with van der Waals surface area (Å²) in [7, 11) is 2.09. The highest BCUT2D eigenvalue weighted by Gasteiger charge is 2.26. The summed E-state index contributed by atoms with van der Waals surface area (Å²) < 4.78 is 29.0. The van der Waals surface area contributed by atoms with Crippen molar-refractivity contribution in [2.24, 2.45) is 0 Å². The number of nitrogen functional groups attached to an aromatic ring is 1. The van der Waals surface area contributed by atoms with E-state index in [9.17, 15) is 0 Å². The summed E-state index contributed by atoms with van der Waals surface area (Å²) in [5, 5.41) is 1.23. The van der Waals surface area contributed by atoms with Gasteiger partial charge in [-0.2, -0.15) is 9.97 Å². The van der Waals surface area contributed by atoms with E-state index in [1.807, 2.05) is 12.1 Å². The van der Waals surface area contributed by atoms with Gasteiger partial charge in [-0.05, 0) is 45.0 Å². The van der Waals surface area contributed by atoms with Gasteiger partial charge in [0.25, 0.3) is 0 Å². The largest absolute Gasteiger partial charge is 0.462 e. The molecule has 1 atom stereocenters. The van der Waals surface area contributed by atoms with Crippen LogP contribution in [-0.2, 0) is 4.74 Å². The Morgan fingerprint density at radius 2 is 2.05 bits per heavy atom. The van der Waals surface area contributed by atoms with Gasteiger partial charge in [0.15, 0.2) is 10.9 Å². The molecular weight excluding hydrogens is 515 g/mol. The van der Waals surface area contributed by atoms with Crippen molar-refractivity contribution in [3.8, 4) is 17.1 Å². The highest BCUT2D eigenvalue weighted by molar-refractivity contribution is 7.22. The third-order valence-electron chi connectivity index (χ3n) is 7.15. The molecule has 0 bridgehead atoms. The van der Waals surface area contributed by atoms with Crippen LogP contribution in [0.15, 0.2) is 24.3 Å². The van der Waals surface area contributed by atoms with E-state index in [0.29, 0.717) is 53.8 Å². The average Bonchev–Trinajstić information content (AvgIpc) is 3.36. The molecule has 2 aromatic carbocycles. The number of nitrogens with zero attached hydrogens (tertiary/aromatic N) is 5. The Hall–Kier alpha value is -2.79. The van der Waals surface area contributed by atoms with Crippen molar-refractivity contribution in [1.82, 2.24) is 19.9 Å². The number of hydrogen-bond acceptors (Lipinski definition) is 9. The summed E-state index contributed by atoms with van der Waals surface area (Å²) in [6.07, 6.45) is 3.02. The summed E-state index contributed by atoms with van der Waals surface area (Å²) >= 11 is 8.12. The lowest BCUT2D eigenvalue weighted by Gasteiger charge is -2.24. The van der Waals surface area contributed by atoms with Crippen molar-refractivity contribution in [3.05, 3.63) is 35.1 Å². The average molecular weight is 543 g/mol. The van der Waals surface area contributed by atoms with Crippen LogP contribution in [0.5, 0.6) is 6.01 Å². The molecule has 37 heavy (non-hydrogen) atoms. The van der Waals surface area contributed by atoms with Crippen LogP contribution in [-0.4, -0.2) is 72.4 Å². The van der Waals surface area contributed by atoms with Gasteiger partial charge in [-0.1, -0.05) is 35.1 Å². The van der Waals surface area contributed by atoms with E-state index in [1.165, 1.54) is 11.3 Å². The van der Waals surface area contributed by atoms with Gasteiger partial charge in [-0.25, -0.2) is 9.37 Å². The molecule has 2 fully saturated rings. The Morgan fingerprint density at radius 3 is 2.89 bits per heavy atom. The third kappa shape index (κ3) is 4.67. The lowest BCUT2D eigenvalue weighted by atomic mass is 10.0. The first-order valence-corrected chi connectivity index (χ1v) is 13.7. The summed E-state index contributed by atoms with van der Waals surface area (Å²) in [6, 6.07) is 7.76. The molecule has 6 rings (SSSR count). The van der Waals surface area contributed by atoms with Crippen molar-refractivity contribution >= 4 is 55.0 Å². The molecule has 0 unspecified atom stereocenters. The number of hydrogen-bond donors (Lipinski definition) is 1. The van der Waals surface area contributed by atoms with Gasteiger partial charge in [0.2, 0.25) is 0 Å². The number of likely N-dealkylation sites (tertiary alicyclic amines) is 1. The molecule has 0 radical (unpaired) electrons. The van der Waals surface area contributed by atoms with Crippen molar-refractivity contribution in [3.63, 3.8) is 0 Å². The minimum absolute atomic E-state index is 0.163. The van der Waals surface area contributed by atoms with Crippen LogP contribution < -0.4 is 15.4 Å². The molecule has 0 spiro atoms. The summed E-state index contributed by atoms with van der Waals surface area (Å²) in [5.74, 6) is 0.0767. The zero-order chi connectivity index (χ0) is 25.5. The van der Waals surface area contributed by atoms with Crippen LogP contribution >= 0.6 is 22.9 Å². The molecule has 2 N–H and O–H groups in total. The second-order valence-corrected chi connectivity index (χ2v) is 11.0. The van der Waals surface area contributed by atoms with E-state index in [0.717, 1.165) is 37.1 Å². The van der Waals surface area contributed by atoms with Gasteiger partial charge in [-0.3, -0.25) is 0 Å². The van der Waals surface area contributed by atoms with Crippen LogP contribution in [0.25, 0.3) is 32.2 Å². The number of halogens is 2. The summed E-state index contributed by atoms with van der Waals surface area (Å²) in [6.45, 7) is 4.09. The smallest absolute Gasteiger partial charge is 0.319 e. The van der Waals surface area contributed by atoms with E-state index in [1.54, 1.807) is 12.1 Å². The zero-order valence-electron chi connectivity index (χ0n) is 20.5. The van der Waals surface area contributed by atoms with Gasteiger partial charge in [0.05, 0.1) is 21.8 Å². The first kappa shape index (κ1) is 24.5. The lowest BCUT2D eigenvalue weighted by Crippen LogP contribution is -2.31. The second kappa shape index (κ2) is 10.2. The zero-order valence-corrected chi connectivity index (χ0v) is 22.1. The Kier molecular flexibility index (Phi) is 6.74. The highest BCUT2D eigenvalue weighted by atomic mass is 35.5. The summed E-state index contributed by atoms with van der Waals surface area (Å²) in [5.41, 5.74) is 7.57. The number of nitrogens with two attached hydrogens (primary N) is 1. The van der Waals surface area contributed by atoms with E-state index in [-0.39, 0.29) is 28.2 Å². The maximum absolute atomic E-state index is 16.4. The van der Waals surface area contributed by atoms with Gasteiger partial charge in [0, 0.05) is 42.3 Å². The molecule has 2 aromatic heterocycles. The SMILES string of the molecule is CN1CCC[C@H]1COc1nc(N2CCCOCC2)c2cc(Cl)c(-c3cccc4sc(N)nc34)c(F)c2n1. The quantitative estimate of drug-likeness (QED) is 0.377. The Labute approximate surface area is 223 Å². The van der Waals surface area contributed by atoms with Gasteiger partial charge in [0.1, 0.15) is 17.9 Å². The minimum atomic E-state index is -0.529. The highest BCUT2D eigenvalue weighted by Crippen LogP contribution is 2.42. The number of anilines is 2. The number of para-hydroxylation sites is 1. The minimum Gasteiger partial charge on any atom is -0.462 e. The van der Waals surface area contributed by atoms with Crippen LogP contribution in [0.3, 0.4) is 0 Å². The van der Waals surface area contributed by atoms with Gasteiger partial charge in [-0.15, -0.1) is 0 Å². The van der Waals surface area contributed by atoms with Crippen molar-refractivity contribution in [1.29, 1.82) is 0 Å². The molecular formula is C26H28ClFN6O2S. The molecule has 4 heterocycles. The second-order valence-electron chi connectivity index (χ2n) is 9.52. The standard InChI is InChI=1S/C26H28ClFN6O2S/c1-33-8-3-5-15(33)14-36-26-31-23-17(24(32-26)34-9-4-11-35-12-10-34)13-18(27)20(21(23)28)16-6-2-7-19-22(16)30-25(29)37-19/h2,6-7,13,15H,3-5,8-12,14H2,1H3,(H2,29,30)/t15-/m0/s1. The van der Waals surface area contributed by atoms with Crippen molar-refractivity contribution in [2.45, 2.75) is 25.3 Å². The van der Waals surface area contributed by atoms with E-state index in [4.69, 9.17) is 31.8 Å². The van der Waals surface area contributed by atoms with E-state index in [2.05, 4.69) is 26.8 Å². The monoisotopic (exact) mass is 542 g/mol. The molecule has 8 nitrogen and oxygen atoms in total. The molecule has 2 aliphatic heterocycles. The third-order valence-corrected chi connectivity index (χ3v) is 8.29. The van der Waals surface area contributed by atoms with Crippen LogP contribution in [0.4, 0.5) is 15.3 Å². The Balaban J connectivity index is 1.50. The molecule has 0 amide bonds. The number of ether oxygens (including phenoxy) is 2. The fourth-order valence-corrected chi connectivity index (χ4v) is 6.25. The lowest BCUT2D eigenvalue weighted by molar-refractivity contribution is 0.152. The number of thiazole rings is 1. The Bertz CT molecular complexity index is 1460. The predicted molar refractivity (Wildman–Crippen MR) is 146 cm³/mol. The van der Waals surface area contributed by atoms with Crippen molar-refractivity contribution < 1.29 is 13.9 Å². The number of benzene rings is 2. The normalized spacial score (nSPS) is 19.1. The van der Waals surface area contributed by atoms with E-state index < -0.39 is 5.82 Å². The molecule has 0 aliphatic carbocycles.